The molecule has 0 heterocycles. The minimum absolute atomic E-state index is 0.186. The van der Waals surface area contributed by atoms with Gasteiger partial charge in [0, 0.05) is 5.92 Å². The second-order valence-corrected chi connectivity index (χ2v) is 3.93. The molecule has 0 aliphatic carbocycles. The van der Waals surface area contributed by atoms with Gasteiger partial charge in [-0.3, -0.25) is 4.79 Å². The van der Waals surface area contributed by atoms with Gasteiger partial charge in [-0.25, -0.2) is 0 Å². The highest BCUT2D eigenvalue weighted by molar-refractivity contribution is 6.02. The van der Waals surface area contributed by atoms with Gasteiger partial charge in [-0.15, -0.1) is 0 Å². The number of carbonyl (C=O) groups is 1. The lowest BCUT2D eigenvalue weighted by molar-refractivity contribution is 0.0753. The third-order valence-corrected chi connectivity index (χ3v) is 2.81. The van der Waals surface area contributed by atoms with Crippen LogP contribution in [0.15, 0.2) is 18.2 Å². The molecule has 0 fully saturated rings. The lowest BCUT2D eigenvalue weighted by atomic mass is 9.94. The van der Waals surface area contributed by atoms with Crippen LogP contribution in [0.25, 0.3) is 0 Å². The van der Waals surface area contributed by atoms with Crippen molar-refractivity contribution in [1.82, 2.24) is 0 Å². The van der Waals surface area contributed by atoms with Gasteiger partial charge in [-0.05, 0) is 19.1 Å². The third kappa shape index (κ3) is 2.77. The van der Waals surface area contributed by atoms with E-state index in [0.29, 0.717) is 17.1 Å². The fourth-order valence-corrected chi connectivity index (χ4v) is 1.54. The topological polar surface area (TPSA) is 55.8 Å². The van der Waals surface area contributed by atoms with E-state index >= 15 is 0 Å². The summed E-state index contributed by atoms with van der Waals surface area (Å²) in [5, 5.41) is 9.48. The van der Waals surface area contributed by atoms with Crippen LogP contribution in [0.1, 0.15) is 24.2 Å². The van der Waals surface area contributed by atoms with Crippen molar-refractivity contribution in [3.05, 3.63) is 23.8 Å². The molecule has 17 heavy (non-hydrogen) atoms. The van der Waals surface area contributed by atoms with Crippen LogP contribution < -0.4 is 9.47 Å². The van der Waals surface area contributed by atoms with Crippen LogP contribution in [0.3, 0.4) is 0 Å². The molecule has 0 aliphatic rings. The van der Waals surface area contributed by atoms with E-state index in [1.54, 1.807) is 32.0 Å². The van der Waals surface area contributed by atoms with Gasteiger partial charge in [0.05, 0.1) is 20.3 Å². The molecular weight excluding hydrogens is 220 g/mol. The van der Waals surface area contributed by atoms with Crippen molar-refractivity contribution in [2.24, 2.45) is 5.92 Å². The van der Waals surface area contributed by atoms with Crippen LogP contribution >= 0.6 is 0 Å². The molecule has 4 nitrogen and oxygen atoms in total. The third-order valence-electron chi connectivity index (χ3n) is 2.81. The van der Waals surface area contributed by atoms with Gasteiger partial charge in [0.15, 0.2) is 5.78 Å². The number of benzene rings is 1. The number of methoxy groups -OCH3 is 2. The van der Waals surface area contributed by atoms with E-state index in [1.807, 2.05) is 0 Å². The van der Waals surface area contributed by atoms with Gasteiger partial charge in [0.1, 0.15) is 17.1 Å². The molecule has 1 N–H and O–H groups in total. The molecule has 0 saturated heterocycles. The number of hydrogen-bond donors (Lipinski definition) is 1. The first-order chi connectivity index (χ1) is 8.02. The van der Waals surface area contributed by atoms with Crippen molar-refractivity contribution in [2.45, 2.75) is 20.0 Å². The Bertz CT molecular complexity index is 376. The summed E-state index contributed by atoms with van der Waals surface area (Å²) in [6, 6.07) is 5.15. The first-order valence-electron chi connectivity index (χ1n) is 5.46. The van der Waals surface area contributed by atoms with Crippen LogP contribution in [0.5, 0.6) is 11.5 Å². The molecule has 0 spiro atoms. The number of carbonyl (C=O) groups excluding carboxylic acids is 1. The standard InChI is InChI=1S/C13H18O4/c1-8(9(2)14)13(15)12-10(16-3)6-5-7-11(12)17-4/h5-9,14H,1-4H3/t8-,9-/m0/s1. The van der Waals surface area contributed by atoms with Gasteiger partial charge in [-0.2, -0.15) is 0 Å². The van der Waals surface area contributed by atoms with Crippen LogP contribution in [0.4, 0.5) is 0 Å². The Balaban J connectivity index is 3.23. The van der Waals surface area contributed by atoms with Crippen molar-refractivity contribution in [2.75, 3.05) is 14.2 Å². The van der Waals surface area contributed by atoms with Crippen LogP contribution in [0, 0.1) is 5.92 Å². The largest absolute Gasteiger partial charge is 0.496 e. The predicted molar refractivity (Wildman–Crippen MR) is 64.7 cm³/mol. The van der Waals surface area contributed by atoms with Crippen molar-refractivity contribution in [1.29, 1.82) is 0 Å². The summed E-state index contributed by atoms with van der Waals surface area (Å²) in [5.74, 6) is 0.234. The number of aliphatic hydroxyl groups excluding tert-OH is 1. The van der Waals surface area contributed by atoms with Gasteiger partial charge in [0.25, 0.3) is 0 Å². The average molecular weight is 238 g/mol. The Morgan fingerprint density at radius 2 is 1.65 bits per heavy atom. The second kappa shape index (κ2) is 5.68. The molecule has 0 saturated carbocycles. The van der Waals surface area contributed by atoms with Crippen LogP contribution in [-0.2, 0) is 0 Å². The molecule has 0 radical (unpaired) electrons. The molecule has 1 aromatic carbocycles. The van der Waals surface area contributed by atoms with Gasteiger partial charge in [-0.1, -0.05) is 13.0 Å². The molecule has 4 heteroatoms. The Morgan fingerprint density at radius 1 is 1.18 bits per heavy atom. The fraction of sp³-hybridized carbons (Fsp3) is 0.462. The highest BCUT2D eigenvalue weighted by Crippen LogP contribution is 2.31. The lowest BCUT2D eigenvalue weighted by Crippen LogP contribution is -2.23. The maximum absolute atomic E-state index is 12.2. The maximum Gasteiger partial charge on any atom is 0.175 e. The smallest absolute Gasteiger partial charge is 0.175 e. The molecule has 94 valence electrons. The summed E-state index contributed by atoms with van der Waals surface area (Å²) in [6.07, 6.45) is -0.711. The summed E-state index contributed by atoms with van der Waals surface area (Å²) in [7, 11) is 3.00. The monoisotopic (exact) mass is 238 g/mol. The zero-order valence-electron chi connectivity index (χ0n) is 10.6. The zero-order valence-corrected chi connectivity index (χ0v) is 10.6. The first kappa shape index (κ1) is 13.5. The quantitative estimate of drug-likeness (QED) is 0.796. The summed E-state index contributed by atoms with van der Waals surface area (Å²) < 4.78 is 10.3. The number of aliphatic hydroxyl groups is 1. The molecule has 2 atom stereocenters. The number of ether oxygens (including phenoxy) is 2. The first-order valence-corrected chi connectivity index (χ1v) is 5.46. The number of Topliss-reactive ketones (excluding diaryl/α,β-unsaturated/α-hetero) is 1. The van der Waals surface area contributed by atoms with Crippen molar-refractivity contribution < 1.29 is 19.4 Å². The van der Waals surface area contributed by atoms with Crippen molar-refractivity contribution in [3.63, 3.8) is 0 Å². The summed E-state index contributed by atoms with van der Waals surface area (Å²) >= 11 is 0. The van der Waals surface area contributed by atoms with Gasteiger partial charge >= 0.3 is 0 Å². The van der Waals surface area contributed by atoms with Crippen molar-refractivity contribution >= 4 is 5.78 Å². The summed E-state index contributed by atoms with van der Waals surface area (Å²) in [6.45, 7) is 3.27. The van der Waals surface area contributed by atoms with E-state index in [2.05, 4.69) is 0 Å². The molecule has 0 aromatic heterocycles. The van der Waals surface area contributed by atoms with Gasteiger partial charge < -0.3 is 14.6 Å². The van der Waals surface area contributed by atoms with E-state index in [1.165, 1.54) is 14.2 Å². The SMILES string of the molecule is COc1cccc(OC)c1C(=O)[C@@H](C)[C@H](C)O. The van der Waals surface area contributed by atoms with Crippen LogP contribution in [0.2, 0.25) is 0 Å². The number of hydrogen-bond acceptors (Lipinski definition) is 4. The summed E-state index contributed by atoms with van der Waals surface area (Å²) in [4.78, 5) is 12.2. The average Bonchev–Trinajstić information content (AvgIpc) is 2.35. The lowest BCUT2D eigenvalue weighted by Gasteiger charge is -2.17. The highest BCUT2D eigenvalue weighted by Gasteiger charge is 2.25. The molecule has 1 aromatic rings. The fourth-order valence-electron chi connectivity index (χ4n) is 1.54. The van der Waals surface area contributed by atoms with E-state index in [9.17, 15) is 9.90 Å². The Kier molecular flexibility index (Phi) is 4.52. The minimum Gasteiger partial charge on any atom is -0.496 e. The highest BCUT2D eigenvalue weighted by atomic mass is 16.5. The Labute approximate surface area is 101 Å². The Morgan fingerprint density at radius 3 is 2.00 bits per heavy atom. The van der Waals surface area contributed by atoms with E-state index in [0.717, 1.165) is 0 Å². The molecule has 0 aliphatic heterocycles. The van der Waals surface area contributed by atoms with E-state index in [-0.39, 0.29) is 5.78 Å². The Hall–Kier alpha value is -1.55. The molecule has 0 bridgehead atoms. The van der Waals surface area contributed by atoms with E-state index in [4.69, 9.17) is 9.47 Å². The number of ketones is 1. The normalized spacial score (nSPS) is 13.9. The minimum atomic E-state index is -0.711. The predicted octanol–water partition coefficient (Wildman–Crippen LogP) is 1.90. The molecule has 0 unspecified atom stereocenters. The maximum atomic E-state index is 12.2. The second-order valence-electron chi connectivity index (χ2n) is 3.93. The number of rotatable bonds is 5. The van der Waals surface area contributed by atoms with Gasteiger partial charge in [0.2, 0.25) is 0 Å². The van der Waals surface area contributed by atoms with E-state index < -0.39 is 12.0 Å². The van der Waals surface area contributed by atoms with Crippen LogP contribution in [-0.4, -0.2) is 31.2 Å². The van der Waals surface area contributed by atoms with Crippen molar-refractivity contribution in [3.8, 4) is 11.5 Å². The summed E-state index contributed by atoms with van der Waals surface area (Å²) in [5.41, 5.74) is 0.380. The molecule has 0 amide bonds. The zero-order chi connectivity index (χ0) is 13.0. The molecular formula is C13H18O4. The molecule has 1 rings (SSSR count).